The summed E-state index contributed by atoms with van der Waals surface area (Å²) in [6, 6.07) is 16.9. The van der Waals surface area contributed by atoms with Crippen molar-refractivity contribution in [1.29, 1.82) is 0 Å². The number of rotatable bonds is 36. The van der Waals surface area contributed by atoms with Gasteiger partial charge in [0.15, 0.2) is 0 Å². The molecule has 0 aliphatic carbocycles. The Morgan fingerprint density at radius 2 is 0.725 bits per heavy atom. The van der Waals surface area contributed by atoms with Crippen molar-refractivity contribution in [1.82, 2.24) is 0 Å². The summed E-state index contributed by atoms with van der Waals surface area (Å²) in [6.45, 7) is 8.27. The molecule has 2 radical (unpaired) electrons. The standard InChI is InChI=1S/C47H80O3Si/c1-4-7-9-11-13-15-17-19-21-23-25-27-29-31-39-49-45-37-33-35-43(41-45)47(6-3,51-48)44-36-34-38-46(42-44)50-40-32-30-28-26-24-22-20-18-16-14-12-10-8-5-2/h33-38,41-42,48H,4-32,39-40H2,1-3H3. The van der Waals surface area contributed by atoms with Crippen LogP contribution in [-0.4, -0.2) is 27.8 Å². The van der Waals surface area contributed by atoms with Gasteiger partial charge in [-0.05, 0) is 54.7 Å². The smallest absolute Gasteiger partial charge is 0.241 e. The molecule has 0 saturated carbocycles. The van der Waals surface area contributed by atoms with Gasteiger partial charge in [0.05, 0.1) is 13.2 Å². The van der Waals surface area contributed by atoms with Gasteiger partial charge in [0, 0.05) is 5.04 Å². The fourth-order valence-corrected chi connectivity index (χ4v) is 8.19. The van der Waals surface area contributed by atoms with Crippen LogP contribution in [0.2, 0.25) is 0 Å². The molecule has 0 aliphatic heterocycles. The molecular weight excluding hydrogens is 641 g/mol. The minimum absolute atomic E-state index is 0.243. The van der Waals surface area contributed by atoms with Crippen molar-refractivity contribution in [3.63, 3.8) is 0 Å². The molecule has 0 aromatic heterocycles. The minimum atomic E-state index is -0.456. The third kappa shape index (κ3) is 20.9. The number of hydrogen-bond donors (Lipinski definition) is 1. The van der Waals surface area contributed by atoms with E-state index in [1.165, 1.54) is 167 Å². The van der Waals surface area contributed by atoms with Gasteiger partial charge >= 0.3 is 0 Å². The number of hydrogen-bond acceptors (Lipinski definition) is 3. The first-order valence-electron chi connectivity index (χ1n) is 22.1. The zero-order valence-electron chi connectivity index (χ0n) is 33.8. The molecule has 0 aliphatic rings. The zero-order chi connectivity index (χ0) is 36.5. The molecule has 0 heterocycles. The molecule has 1 N–H and O–H groups in total. The van der Waals surface area contributed by atoms with Crippen LogP contribution in [0, 0.1) is 0 Å². The van der Waals surface area contributed by atoms with Crippen molar-refractivity contribution >= 4 is 9.76 Å². The van der Waals surface area contributed by atoms with Crippen molar-refractivity contribution in [3.8, 4) is 11.5 Å². The van der Waals surface area contributed by atoms with Crippen molar-refractivity contribution in [3.05, 3.63) is 59.7 Å². The van der Waals surface area contributed by atoms with E-state index in [1.807, 2.05) is 0 Å². The summed E-state index contributed by atoms with van der Waals surface area (Å²) in [7, 11) is -0.243. The van der Waals surface area contributed by atoms with Gasteiger partial charge in [0.25, 0.3) is 0 Å². The molecule has 0 spiro atoms. The average Bonchev–Trinajstić information content (AvgIpc) is 3.16. The molecule has 0 unspecified atom stereocenters. The Morgan fingerprint density at radius 1 is 0.431 bits per heavy atom. The summed E-state index contributed by atoms with van der Waals surface area (Å²) < 4.78 is 12.5. The quantitative estimate of drug-likeness (QED) is 0.0563. The normalized spacial score (nSPS) is 11.7. The molecule has 51 heavy (non-hydrogen) atoms. The highest BCUT2D eigenvalue weighted by molar-refractivity contribution is 6.32. The van der Waals surface area contributed by atoms with Gasteiger partial charge in [-0.3, -0.25) is 0 Å². The molecule has 0 atom stereocenters. The maximum atomic E-state index is 10.8. The van der Waals surface area contributed by atoms with Crippen molar-refractivity contribution in [2.75, 3.05) is 13.2 Å². The summed E-state index contributed by atoms with van der Waals surface area (Å²) in [5.74, 6) is 1.81. The summed E-state index contributed by atoms with van der Waals surface area (Å²) >= 11 is 0. The Morgan fingerprint density at radius 3 is 1.00 bits per heavy atom. The van der Waals surface area contributed by atoms with E-state index < -0.39 is 5.04 Å². The lowest BCUT2D eigenvalue weighted by Gasteiger charge is -2.31. The van der Waals surface area contributed by atoms with Crippen molar-refractivity contribution < 1.29 is 14.3 Å². The fraction of sp³-hybridized carbons (Fsp3) is 0.745. The van der Waals surface area contributed by atoms with Crippen LogP contribution < -0.4 is 9.47 Å². The number of unbranched alkanes of at least 4 members (excludes halogenated alkanes) is 26. The van der Waals surface area contributed by atoms with E-state index >= 15 is 0 Å². The number of benzene rings is 2. The van der Waals surface area contributed by atoms with E-state index in [0.717, 1.165) is 55.1 Å². The van der Waals surface area contributed by atoms with Crippen LogP contribution in [0.15, 0.2) is 48.5 Å². The first-order valence-corrected chi connectivity index (χ1v) is 23.0. The van der Waals surface area contributed by atoms with E-state index in [2.05, 4.69) is 69.3 Å². The molecule has 4 heteroatoms. The molecule has 0 fully saturated rings. The third-order valence-electron chi connectivity index (χ3n) is 10.9. The summed E-state index contributed by atoms with van der Waals surface area (Å²) in [5, 5.41) is -0.456. The second kappa shape index (κ2) is 31.7. The molecule has 290 valence electrons. The maximum Gasteiger partial charge on any atom is 0.241 e. The molecular formula is C47H80O3Si. The van der Waals surface area contributed by atoms with Crippen LogP contribution in [0.4, 0.5) is 0 Å². The van der Waals surface area contributed by atoms with Gasteiger partial charge in [-0.2, -0.15) is 0 Å². The maximum absolute atomic E-state index is 10.8. The Balaban J connectivity index is 1.64. The van der Waals surface area contributed by atoms with Crippen LogP contribution in [-0.2, 0) is 5.04 Å². The second-order valence-corrected chi connectivity index (χ2v) is 16.4. The van der Waals surface area contributed by atoms with Crippen LogP contribution in [0.25, 0.3) is 0 Å². The van der Waals surface area contributed by atoms with E-state index in [0.29, 0.717) is 0 Å². The van der Waals surface area contributed by atoms with Gasteiger partial charge in [0.2, 0.25) is 9.76 Å². The van der Waals surface area contributed by atoms with E-state index in [1.54, 1.807) is 0 Å². The minimum Gasteiger partial charge on any atom is -0.494 e. The zero-order valence-corrected chi connectivity index (χ0v) is 34.8. The van der Waals surface area contributed by atoms with E-state index in [4.69, 9.17) is 9.47 Å². The monoisotopic (exact) mass is 721 g/mol. The molecule has 0 bridgehead atoms. The van der Waals surface area contributed by atoms with Gasteiger partial charge in [-0.1, -0.05) is 212 Å². The predicted octanol–water partition coefficient (Wildman–Crippen LogP) is 14.7. The van der Waals surface area contributed by atoms with Crippen LogP contribution in [0.1, 0.15) is 218 Å². The first kappa shape index (κ1) is 45.4. The Labute approximate surface area is 319 Å². The van der Waals surface area contributed by atoms with E-state index in [-0.39, 0.29) is 9.76 Å². The lowest BCUT2D eigenvalue weighted by atomic mass is 9.87. The summed E-state index contributed by atoms with van der Waals surface area (Å²) in [5.41, 5.74) is 2.24. The molecule has 2 aromatic carbocycles. The highest BCUT2D eigenvalue weighted by Crippen LogP contribution is 2.37. The molecule has 3 nitrogen and oxygen atoms in total. The Kier molecular flexibility index (Phi) is 28.2. The fourth-order valence-electron chi connectivity index (χ4n) is 7.46. The third-order valence-corrected chi connectivity index (χ3v) is 12.2. The number of ether oxygens (including phenoxy) is 2. The molecule has 2 rings (SSSR count). The van der Waals surface area contributed by atoms with Crippen LogP contribution >= 0.6 is 0 Å². The average molecular weight is 721 g/mol. The van der Waals surface area contributed by atoms with Crippen molar-refractivity contribution in [2.45, 2.75) is 212 Å². The SMILES string of the molecule is CCCCCCCCCCCCCCCCOc1cccc(C(CC)([Si]O)c2cccc(OCCCCCCCCCCCCCCCC)c2)c1. The highest BCUT2D eigenvalue weighted by Gasteiger charge is 2.34. The van der Waals surface area contributed by atoms with Gasteiger partial charge < -0.3 is 14.3 Å². The largest absolute Gasteiger partial charge is 0.494 e. The first-order chi connectivity index (χ1) is 25.2. The lowest BCUT2D eigenvalue weighted by Crippen LogP contribution is -2.34. The molecule has 0 saturated heterocycles. The molecule has 2 aromatic rings. The lowest BCUT2D eigenvalue weighted by molar-refractivity contribution is 0.303. The predicted molar refractivity (Wildman–Crippen MR) is 224 cm³/mol. The van der Waals surface area contributed by atoms with Crippen molar-refractivity contribution in [2.24, 2.45) is 0 Å². The highest BCUT2D eigenvalue weighted by atomic mass is 28.2. The Bertz CT molecular complexity index is 972. The van der Waals surface area contributed by atoms with Crippen LogP contribution in [0.5, 0.6) is 11.5 Å². The molecule has 0 amide bonds. The van der Waals surface area contributed by atoms with E-state index in [9.17, 15) is 4.80 Å². The van der Waals surface area contributed by atoms with Gasteiger partial charge in [-0.25, -0.2) is 0 Å². The topological polar surface area (TPSA) is 38.7 Å². The Hall–Kier alpha value is -1.78. The van der Waals surface area contributed by atoms with Crippen LogP contribution in [0.3, 0.4) is 0 Å². The van der Waals surface area contributed by atoms with Gasteiger partial charge in [-0.15, -0.1) is 0 Å². The second-order valence-electron chi connectivity index (χ2n) is 15.3. The van der Waals surface area contributed by atoms with Gasteiger partial charge in [0.1, 0.15) is 11.5 Å². The summed E-state index contributed by atoms with van der Waals surface area (Å²) in [4.78, 5) is 10.8. The summed E-state index contributed by atoms with van der Waals surface area (Å²) in [6.07, 6.45) is 39.0.